The summed E-state index contributed by atoms with van der Waals surface area (Å²) in [6.45, 7) is 4.83. The summed E-state index contributed by atoms with van der Waals surface area (Å²) in [6, 6.07) is 9.10. The van der Waals surface area contributed by atoms with E-state index in [1.165, 1.54) is 23.7 Å². The van der Waals surface area contributed by atoms with Gasteiger partial charge in [0, 0.05) is 30.1 Å². The fourth-order valence-corrected chi connectivity index (χ4v) is 5.16. The van der Waals surface area contributed by atoms with Crippen LogP contribution in [-0.4, -0.2) is 40.8 Å². The Balaban J connectivity index is 1.85. The maximum absolute atomic E-state index is 13.1. The van der Waals surface area contributed by atoms with Gasteiger partial charge in [-0.15, -0.1) is 11.3 Å². The fourth-order valence-electron chi connectivity index (χ4n) is 3.26. The lowest BCUT2D eigenvalue weighted by Crippen LogP contribution is -2.14. The molecule has 0 spiro atoms. The lowest BCUT2D eigenvalue weighted by molar-refractivity contribution is 0.0303. The zero-order valence-electron chi connectivity index (χ0n) is 19.4. The van der Waals surface area contributed by atoms with Crippen molar-refractivity contribution in [2.45, 2.75) is 32.0 Å². The van der Waals surface area contributed by atoms with Gasteiger partial charge < -0.3 is 14.2 Å². The maximum atomic E-state index is 13.1. The molecule has 3 rings (SSSR count). The zero-order chi connectivity index (χ0) is 24.7. The first-order valence-electron chi connectivity index (χ1n) is 10.5. The number of ether oxygens (including phenoxy) is 3. The van der Waals surface area contributed by atoms with E-state index >= 15 is 0 Å². The Kier molecular flexibility index (Phi) is 9.79. The van der Waals surface area contributed by atoms with E-state index in [4.69, 9.17) is 41.8 Å². The number of pyridine rings is 1. The SMILES string of the molecule is COc1ccc([C@H](Cc2c(Cl)cncc2Cl)OC(=O)c2ccc(CCO[Si+](C)C)s2)cc1OC. The second-order valence-electron chi connectivity index (χ2n) is 7.57. The number of halogens is 2. The number of methoxy groups -OCH3 is 2. The van der Waals surface area contributed by atoms with Crippen LogP contribution in [0, 0.1) is 0 Å². The largest absolute Gasteiger partial charge is 0.493 e. The van der Waals surface area contributed by atoms with Crippen molar-refractivity contribution in [2.75, 3.05) is 20.8 Å². The number of aromatic nitrogens is 1. The highest BCUT2D eigenvalue weighted by molar-refractivity contribution is 7.13. The van der Waals surface area contributed by atoms with E-state index in [1.807, 2.05) is 12.1 Å². The van der Waals surface area contributed by atoms with Gasteiger partial charge in [-0.25, -0.2) is 9.22 Å². The average Bonchev–Trinajstić information content (AvgIpc) is 3.29. The van der Waals surface area contributed by atoms with Crippen LogP contribution in [-0.2, 0) is 22.0 Å². The van der Waals surface area contributed by atoms with E-state index in [0.29, 0.717) is 38.6 Å². The van der Waals surface area contributed by atoms with Gasteiger partial charge in [-0.3, -0.25) is 4.98 Å². The minimum atomic E-state index is -0.739. The number of benzene rings is 1. The molecule has 0 radical (unpaired) electrons. The second kappa shape index (κ2) is 12.6. The molecular weight excluding hydrogens is 513 g/mol. The Hall–Kier alpha value is -2.10. The monoisotopic (exact) mass is 538 g/mol. The van der Waals surface area contributed by atoms with Gasteiger partial charge in [0.15, 0.2) is 11.5 Å². The number of hydrogen-bond acceptors (Lipinski definition) is 7. The van der Waals surface area contributed by atoms with Crippen molar-refractivity contribution < 1.29 is 23.4 Å². The van der Waals surface area contributed by atoms with E-state index in [1.54, 1.807) is 32.4 Å². The van der Waals surface area contributed by atoms with E-state index < -0.39 is 21.1 Å². The van der Waals surface area contributed by atoms with Gasteiger partial charge >= 0.3 is 15.0 Å². The molecule has 2 aromatic heterocycles. The van der Waals surface area contributed by atoms with Gasteiger partial charge in [-0.05, 0) is 35.4 Å². The maximum Gasteiger partial charge on any atom is 0.466 e. The molecule has 34 heavy (non-hydrogen) atoms. The summed E-state index contributed by atoms with van der Waals surface area (Å²) >= 11 is 14.1. The van der Waals surface area contributed by atoms with Crippen molar-refractivity contribution in [1.29, 1.82) is 0 Å². The van der Waals surface area contributed by atoms with Crippen molar-refractivity contribution in [2.24, 2.45) is 0 Å². The van der Waals surface area contributed by atoms with Gasteiger partial charge in [0.1, 0.15) is 11.0 Å². The zero-order valence-corrected chi connectivity index (χ0v) is 22.7. The van der Waals surface area contributed by atoms with Crippen LogP contribution in [0.4, 0.5) is 0 Å². The molecule has 0 aliphatic carbocycles. The van der Waals surface area contributed by atoms with Gasteiger partial charge in [-0.2, -0.15) is 0 Å². The first kappa shape index (κ1) is 26.5. The minimum absolute atomic E-state index is 0.269. The molecule has 0 fully saturated rings. The Bertz CT molecular complexity index is 1100. The summed E-state index contributed by atoms with van der Waals surface area (Å²) in [5, 5.41) is 0.806. The molecule has 0 saturated heterocycles. The molecule has 1 atom stereocenters. The first-order valence-corrected chi connectivity index (χ1v) is 14.5. The lowest BCUT2D eigenvalue weighted by Gasteiger charge is -2.20. The highest BCUT2D eigenvalue weighted by Crippen LogP contribution is 2.36. The third-order valence-electron chi connectivity index (χ3n) is 4.97. The van der Waals surface area contributed by atoms with Crippen LogP contribution < -0.4 is 9.47 Å². The molecule has 0 aliphatic rings. The topological polar surface area (TPSA) is 66.9 Å². The molecule has 10 heteroatoms. The molecular formula is C24H26Cl2NO5SSi+. The summed E-state index contributed by atoms with van der Waals surface area (Å²) in [7, 11) is 2.38. The molecule has 0 unspecified atom stereocenters. The normalized spacial score (nSPS) is 11.7. The predicted molar refractivity (Wildman–Crippen MR) is 137 cm³/mol. The van der Waals surface area contributed by atoms with Crippen molar-refractivity contribution >= 4 is 49.5 Å². The molecule has 6 nitrogen and oxygen atoms in total. The number of rotatable bonds is 11. The van der Waals surface area contributed by atoms with Crippen LogP contribution in [0.15, 0.2) is 42.7 Å². The Morgan fingerprint density at radius 3 is 2.41 bits per heavy atom. The Labute approximate surface area is 215 Å². The smallest absolute Gasteiger partial charge is 0.466 e. The Morgan fingerprint density at radius 1 is 1.06 bits per heavy atom. The van der Waals surface area contributed by atoms with Crippen LogP contribution >= 0.6 is 34.5 Å². The summed E-state index contributed by atoms with van der Waals surface area (Å²) in [4.78, 5) is 18.7. The van der Waals surface area contributed by atoms with Crippen LogP contribution in [0.3, 0.4) is 0 Å². The summed E-state index contributed by atoms with van der Waals surface area (Å²) < 4.78 is 22.5. The van der Waals surface area contributed by atoms with Crippen LogP contribution in [0.2, 0.25) is 23.1 Å². The molecule has 180 valence electrons. The van der Waals surface area contributed by atoms with Gasteiger partial charge in [-0.1, -0.05) is 29.3 Å². The predicted octanol–water partition coefficient (Wildman–Crippen LogP) is 6.42. The van der Waals surface area contributed by atoms with Crippen molar-refractivity contribution in [1.82, 2.24) is 4.98 Å². The van der Waals surface area contributed by atoms with Crippen LogP contribution in [0.25, 0.3) is 0 Å². The molecule has 0 N–H and O–H groups in total. The minimum Gasteiger partial charge on any atom is -0.493 e. The molecule has 2 heterocycles. The quantitative estimate of drug-likeness (QED) is 0.207. The number of carbonyl (C=O) groups excluding carboxylic acids is 1. The van der Waals surface area contributed by atoms with Crippen molar-refractivity contribution in [3.63, 3.8) is 0 Å². The van der Waals surface area contributed by atoms with E-state index in [0.717, 1.165) is 16.9 Å². The summed E-state index contributed by atoms with van der Waals surface area (Å²) in [6.07, 6.45) is 3.40. The van der Waals surface area contributed by atoms with E-state index in [2.05, 4.69) is 18.1 Å². The number of hydrogen-bond donors (Lipinski definition) is 0. The average molecular weight is 540 g/mol. The molecule has 0 amide bonds. The second-order valence-corrected chi connectivity index (χ2v) is 11.7. The molecule has 3 aromatic rings. The van der Waals surface area contributed by atoms with Gasteiger partial charge in [0.05, 0.1) is 44.0 Å². The molecule has 0 bridgehead atoms. The third-order valence-corrected chi connectivity index (χ3v) is 7.53. The van der Waals surface area contributed by atoms with E-state index in [-0.39, 0.29) is 6.42 Å². The molecule has 0 aliphatic heterocycles. The highest BCUT2D eigenvalue weighted by atomic mass is 35.5. The summed E-state index contributed by atoms with van der Waals surface area (Å²) in [5.74, 6) is 0.679. The molecule has 1 aromatic carbocycles. The van der Waals surface area contributed by atoms with Gasteiger partial charge in [0.25, 0.3) is 0 Å². The lowest BCUT2D eigenvalue weighted by atomic mass is 10.0. The fraction of sp³-hybridized carbons (Fsp3) is 0.333. The van der Waals surface area contributed by atoms with Crippen molar-refractivity contribution in [3.05, 3.63) is 73.7 Å². The standard InChI is InChI=1S/C24H26Cl2NO5SSi/c1-29-20-7-5-15(11-22(20)30-2)21(12-17-18(25)13-27-14-19(17)26)32-24(28)23-8-6-16(33-23)9-10-31-34(3)4/h5-8,11,13-14,21H,9-10,12H2,1-4H3/q+1/t21-/m0/s1. The number of thiophene rings is 1. The third kappa shape index (κ3) is 6.96. The van der Waals surface area contributed by atoms with Crippen LogP contribution in [0.5, 0.6) is 11.5 Å². The number of esters is 1. The first-order chi connectivity index (χ1) is 16.3. The van der Waals surface area contributed by atoms with Gasteiger partial charge in [0.2, 0.25) is 0 Å². The number of nitrogens with zero attached hydrogens (tertiary/aromatic N) is 1. The Morgan fingerprint density at radius 2 is 1.76 bits per heavy atom. The highest BCUT2D eigenvalue weighted by Gasteiger charge is 2.24. The van der Waals surface area contributed by atoms with E-state index in [9.17, 15) is 4.79 Å². The molecule has 0 saturated carbocycles. The van der Waals surface area contributed by atoms with Crippen molar-refractivity contribution in [3.8, 4) is 11.5 Å². The van der Waals surface area contributed by atoms with Crippen LogP contribution in [0.1, 0.15) is 31.8 Å². The number of carbonyl (C=O) groups is 1. The summed E-state index contributed by atoms with van der Waals surface area (Å²) in [5.41, 5.74) is 1.37.